The lowest BCUT2D eigenvalue weighted by Crippen LogP contribution is -2.00. The van der Waals surface area contributed by atoms with Gasteiger partial charge in [0.05, 0.1) is 0 Å². The second kappa shape index (κ2) is 7.80. The zero-order valence-electron chi connectivity index (χ0n) is 16.2. The van der Waals surface area contributed by atoms with Crippen molar-refractivity contribution in [2.24, 2.45) is 15.9 Å². The summed E-state index contributed by atoms with van der Waals surface area (Å²) >= 11 is 0. The van der Waals surface area contributed by atoms with E-state index in [0.717, 1.165) is 22.8 Å². The van der Waals surface area contributed by atoms with Gasteiger partial charge >= 0.3 is 0 Å². The van der Waals surface area contributed by atoms with Gasteiger partial charge in [-0.2, -0.15) is 15.0 Å². The lowest BCUT2D eigenvalue weighted by atomic mass is 9.95. The van der Waals surface area contributed by atoms with Crippen molar-refractivity contribution in [2.75, 3.05) is 0 Å². The molecular weight excluding hydrogens is 346 g/mol. The van der Waals surface area contributed by atoms with Crippen LogP contribution < -0.4 is 0 Å². The summed E-state index contributed by atoms with van der Waals surface area (Å²) in [7, 11) is 0. The summed E-state index contributed by atoms with van der Waals surface area (Å²) < 4.78 is 0. The predicted octanol–water partition coefficient (Wildman–Crippen LogP) is 5.52. The molecule has 1 atom stereocenters. The smallest absolute Gasteiger partial charge is 0.228 e. The Morgan fingerprint density at radius 3 is 2.29 bits per heavy atom. The molecule has 0 amide bonds. The average Bonchev–Trinajstić information content (AvgIpc) is 3.59. The van der Waals surface area contributed by atoms with Gasteiger partial charge < -0.3 is 0 Å². The summed E-state index contributed by atoms with van der Waals surface area (Å²) in [5.41, 5.74) is 4.19. The molecule has 5 heteroatoms. The third kappa shape index (κ3) is 4.03. The molecule has 0 spiro atoms. The molecular formula is C23H23N5. The van der Waals surface area contributed by atoms with Crippen molar-refractivity contribution >= 4 is 24.3 Å². The Morgan fingerprint density at radius 2 is 1.64 bits per heavy atom. The molecule has 1 aliphatic carbocycles. The molecule has 28 heavy (non-hydrogen) atoms. The van der Waals surface area contributed by atoms with Crippen molar-refractivity contribution in [3.63, 3.8) is 0 Å². The highest BCUT2D eigenvalue weighted by molar-refractivity contribution is 5.99. The van der Waals surface area contributed by atoms with Gasteiger partial charge in [0.1, 0.15) is 0 Å². The number of hydrogen-bond acceptors (Lipinski definition) is 5. The Morgan fingerprint density at radius 1 is 0.964 bits per heavy atom. The first kappa shape index (κ1) is 18.2. The van der Waals surface area contributed by atoms with Gasteiger partial charge in [0.2, 0.25) is 0 Å². The fourth-order valence-electron chi connectivity index (χ4n) is 3.30. The maximum atomic E-state index is 4.61. The number of rotatable bonds is 6. The van der Waals surface area contributed by atoms with Crippen LogP contribution in [0, 0.1) is 5.92 Å². The normalized spacial score (nSPS) is 15.3. The van der Waals surface area contributed by atoms with Crippen molar-refractivity contribution in [1.29, 1.82) is 0 Å². The van der Waals surface area contributed by atoms with Gasteiger partial charge in [-0.15, -0.1) is 0 Å². The highest BCUT2D eigenvalue weighted by atomic mass is 15.2. The van der Waals surface area contributed by atoms with E-state index >= 15 is 0 Å². The van der Waals surface area contributed by atoms with E-state index in [0.29, 0.717) is 17.7 Å². The second-order valence-electron chi connectivity index (χ2n) is 7.23. The van der Waals surface area contributed by atoms with Crippen molar-refractivity contribution in [2.45, 2.75) is 32.6 Å². The van der Waals surface area contributed by atoms with Gasteiger partial charge in [-0.3, -0.25) is 0 Å². The molecule has 1 saturated carbocycles. The van der Waals surface area contributed by atoms with Gasteiger partial charge in [-0.05, 0) is 49.4 Å². The van der Waals surface area contributed by atoms with Crippen LogP contribution in [0.3, 0.4) is 0 Å². The van der Waals surface area contributed by atoms with E-state index in [-0.39, 0.29) is 5.95 Å². The van der Waals surface area contributed by atoms with E-state index in [4.69, 9.17) is 0 Å². The number of aromatic nitrogens is 3. The number of hydrogen-bond donors (Lipinski definition) is 0. The molecule has 5 nitrogen and oxygen atoms in total. The molecule has 0 bridgehead atoms. The molecule has 0 aliphatic heterocycles. The molecule has 140 valence electrons. The molecule has 1 fully saturated rings. The first-order chi connectivity index (χ1) is 13.6. The fraction of sp³-hybridized carbons (Fsp3) is 0.261. The van der Waals surface area contributed by atoms with Crippen molar-refractivity contribution in [3.8, 4) is 11.4 Å². The topological polar surface area (TPSA) is 63.4 Å². The van der Waals surface area contributed by atoms with Gasteiger partial charge in [0.25, 0.3) is 11.9 Å². The SMILES string of the molecule is C=Nc1nc(/N=C(/C)c2ccc(C(C)C3CC3)cc2)nc(-c2ccccc2)n1. The zero-order chi connectivity index (χ0) is 19.5. The van der Waals surface area contributed by atoms with Gasteiger partial charge in [-0.25, -0.2) is 9.98 Å². The molecule has 0 saturated heterocycles. The molecule has 4 rings (SSSR count). The molecule has 1 aromatic heterocycles. The monoisotopic (exact) mass is 369 g/mol. The maximum Gasteiger partial charge on any atom is 0.255 e. The molecule has 0 N–H and O–H groups in total. The lowest BCUT2D eigenvalue weighted by Gasteiger charge is -2.11. The van der Waals surface area contributed by atoms with Crippen LogP contribution in [0.1, 0.15) is 43.7 Å². The Balaban J connectivity index is 1.63. The molecule has 3 aromatic rings. The summed E-state index contributed by atoms with van der Waals surface area (Å²) in [6, 6.07) is 18.4. The summed E-state index contributed by atoms with van der Waals surface area (Å²) in [4.78, 5) is 21.6. The van der Waals surface area contributed by atoms with Crippen molar-refractivity contribution in [1.82, 2.24) is 15.0 Å². The van der Waals surface area contributed by atoms with Gasteiger partial charge in [0.15, 0.2) is 5.82 Å². The lowest BCUT2D eigenvalue weighted by molar-refractivity contribution is 0.664. The minimum atomic E-state index is 0.272. The number of nitrogens with zero attached hydrogens (tertiary/aromatic N) is 5. The average molecular weight is 369 g/mol. The molecule has 0 radical (unpaired) electrons. The van der Waals surface area contributed by atoms with Crippen LogP contribution in [0.25, 0.3) is 11.4 Å². The number of aliphatic imine (C=N–C) groups is 2. The van der Waals surface area contributed by atoms with E-state index < -0.39 is 0 Å². The quantitative estimate of drug-likeness (QED) is 0.537. The summed E-state index contributed by atoms with van der Waals surface area (Å²) in [5.74, 6) is 2.63. The third-order valence-corrected chi connectivity index (χ3v) is 5.24. The van der Waals surface area contributed by atoms with Gasteiger partial charge in [-0.1, -0.05) is 61.5 Å². The largest absolute Gasteiger partial charge is 0.255 e. The van der Waals surface area contributed by atoms with E-state index in [9.17, 15) is 0 Å². The molecule has 2 aromatic carbocycles. The Hall–Kier alpha value is -3.21. The summed E-state index contributed by atoms with van der Waals surface area (Å²) in [5, 5.41) is 0. The van der Waals surface area contributed by atoms with Crippen LogP contribution in [-0.2, 0) is 0 Å². The van der Waals surface area contributed by atoms with E-state index in [1.54, 1.807) is 0 Å². The third-order valence-electron chi connectivity index (χ3n) is 5.24. The number of benzene rings is 2. The molecule has 1 aliphatic rings. The van der Waals surface area contributed by atoms with Gasteiger partial charge in [0, 0.05) is 11.3 Å². The molecule has 1 heterocycles. The Bertz CT molecular complexity index is 1000. The summed E-state index contributed by atoms with van der Waals surface area (Å²) in [6.07, 6.45) is 2.71. The van der Waals surface area contributed by atoms with E-state index in [1.807, 2.05) is 37.3 Å². The van der Waals surface area contributed by atoms with Crippen molar-refractivity contribution < 1.29 is 0 Å². The van der Waals surface area contributed by atoms with Crippen molar-refractivity contribution in [3.05, 3.63) is 65.7 Å². The first-order valence-electron chi connectivity index (χ1n) is 9.58. The second-order valence-corrected chi connectivity index (χ2v) is 7.23. The maximum absolute atomic E-state index is 4.61. The Labute approximate surface area is 165 Å². The van der Waals surface area contributed by atoms with E-state index in [1.165, 1.54) is 18.4 Å². The minimum Gasteiger partial charge on any atom is -0.228 e. The summed E-state index contributed by atoms with van der Waals surface area (Å²) in [6.45, 7) is 7.82. The highest BCUT2D eigenvalue weighted by Crippen LogP contribution is 2.42. The fourth-order valence-corrected chi connectivity index (χ4v) is 3.30. The van der Waals surface area contributed by atoms with Crippen LogP contribution >= 0.6 is 0 Å². The van der Waals surface area contributed by atoms with Crippen LogP contribution in [-0.4, -0.2) is 27.4 Å². The standard InChI is InChI=1S/C23H23N5/c1-15(17-9-10-17)18-11-13-19(14-12-18)16(2)25-23-27-21(26-22(24-3)28-23)20-7-5-4-6-8-20/h4-8,11-15,17H,3,9-10H2,1-2H3/b25-16-. The highest BCUT2D eigenvalue weighted by Gasteiger charge is 2.28. The van der Waals surface area contributed by atoms with Crippen LogP contribution in [0.5, 0.6) is 0 Å². The minimum absolute atomic E-state index is 0.272. The Kier molecular flexibility index (Phi) is 5.06. The zero-order valence-corrected chi connectivity index (χ0v) is 16.2. The van der Waals surface area contributed by atoms with Crippen LogP contribution in [0.2, 0.25) is 0 Å². The van der Waals surface area contributed by atoms with Crippen LogP contribution in [0.15, 0.2) is 64.6 Å². The molecule has 1 unspecified atom stereocenters. The predicted molar refractivity (Wildman–Crippen MR) is 114 cm³/mol. The van der Waals surface area contributed by atoms with E-state index in [2.05, 4.69) is 62.8 Å². The first-order valence-corrected chi connectivity index (χ1v) is 9.58. The van der Waals surface area contributed by atoms with Crippen LogP contribution in [0.4, 0.5) is 11.9 Å².